The molecule has 0 bridgehead atoms. The first-order valence-electron chi connectivity index (χ1n) is 3.51. The van der Waals surface area contributed by atoms with E-state index in [2.05, 4.69) is 4.98 Å². The van der Waals surface area contributed by atoms with Crippen molar-refractivity contribution in [2.75, 3.05) is 6.61 Å². The van der Waals surface area contributed by atoms with Crippen LogP contribution >= 0.6 is 0 Å². The fourth-order valence-electron chi connectivity index (χ4n) is 0.723. The van der Waals surface area contributed by atoms with Gasteiger partial charge in [-0.05, 0) is 19.1 Å². The van der Waals surface area contributed by atoms with E-state index in [1.165, 1.54) is 6.07 Å². The lowest BCUT2D eigenvalue weighted by molar-refractivity contribution is 0.128. The second-order valence-electron chi connectivity index (χ2n) is 2.07. The molecule has 2 nitrogen and oxygen atoms in total. The Morgan fingerprint density at radius 3 is 3.09 bits per heavy atom. The molecule has 0 N–H and O–H groups in total. The molecule has 1 aromatic heterocycles. The molecule has 0 fully saturated rings. The Hall–Kier alpha value is -0.960. The van der Waals surface area contributed by atoms with Gasteiger partial charge in [-0.2, -0.15) is 0 Å². The van der Waals surface area contributed by atoms with Gasteiger partial charge in [-0.3, -0.25) is 4.98 Å². The van der Waals surface area contributed by atoms with Crippen LogP contribution in [0.1, 0.15) is 12.6 Å². The van der Waals surface area contributed by atoms with Gasteiger partial charge in [0.1, 0.15) is 11.5 Å². The lowest BCUT2D eigenvalue weighted by Gasteiger charge is -2.00. The number of aromatic nitrogens is 1. The molecular formula is C8H10FNO. The number of hydrogen-bond acceptors (Lipinski definition) is 2. The highest BCUT2D eigenvalue weighted by molar-refractivity contribution is 5.05. The minimum absolute atomic E-state index is 0.253. The van der Waals surface area contributed by atoms with E-state index in [0.717, 1.165) is 0 Å². The molecule has 0 aromatic carbocycles. The maximum atomic E-state index is 12.8. The maximum Gasteiger partial charge on any atom is 0.147 e. The lowest BCUT2D eigenvalue weighted by atomic mass is 10.3. The van der Waals surface area contributed by atoms with E-state index in [1.807, 2.05) is 6.92 Å². The zero-order valence-corrected chi connectivity index (χ0v) is 6.38. The monoisotopic (exact) mass is 155 g/mol. The molecule has 60 valence electrons. The van der Waals surface area contributed by atoms with Crippen molar-refractivity contribution < 1.29 is 9.13 Å². The Morgan fingerprint density at radius 1 is 1.64 bits per heavy atom. The van der Waals surface area contributed by atoms with Crippen molar-refractivity contribution in [3.05, 3.63) is 29.8 Å². The van der Waals surface area contributed by atoms with Crippen molar-refractivity contribution in [1.82, 2.24) is 4.98 Å². The number of halogens is 1. The third kappa shape index (κ3) is 2.27. The number of nitrogens with zero attached hydrogens (tertiary/aromatic N) is 1. The number of pyridine rings is 1. The first-order chi connectivity index (χ1) is 5.34. The molecule has 3 heteroatoms. The highest BCUT2D eigenvalue weighted by Gasteiger charge is 1.99. The molecule has 1 rings (SSSR count). The summed E-state index contributed by atoms with van der Waals surface area (Å²) in [6, 6.07) is 2.94. The Bertz CT molecular complexity index is 227. The largest absolute Gasteiger partial charge is 0.375 e. The number of rotatable bonds is 3. The van der Waals surface area contributed by atoms with Crippen LogP contribution in [0.3, 0.4) is 0 Å². The second-order valence-corrected chi connectivity index (χ2v) is 2.07. The third-order valence-electron chi connectivity index (χ3n) is 1.28. The minimum Gasteiger partial charge on any atom is -0.375 e. The van der Waals surface area contributed by atoms with Gasteiger partial charge < -0.3 is 4.74 Å². The average Bonchev–Trinajstić information content (AvgIpc) is 2.03. The first kappa shape index (κ1) is 8.14. The van der Waals surface area contributed by atoms with Gasteiger partial charge in [-0.1, -0.05) is 0 Å². The minimum atomic E-state index is -0.305. The lowest BCUT2D eigenvalue weighted by Crippen LogP contribution is -1.97. The molecule has 0 aliphatic heterocycles. The summed E-state index contributed by atoms with van der Waals surface area (Å²) in [5.41, 5.74) is 0.370. The van der Waals surface area contributed by atoms with Crippen LogP contribution in [0.25, 0.3) is 0 Å². The van der Waals surface area contributed by atoms with Crippen LogP contribution in [-0.2, 0) is 11.3 Å². The Balaban J connectivity index is 2.62. The molecule has 0 aliphatic carbocycles. The summed E-state index contributed by atoms with van der Waals surface area (Å²) >= 11 is 0. The van der Waals surface area contributed by atoms with E-state index in [4.69, 9.17) is 4.74 Å². The van der Waals surface area contributed by atoms with Gasteiger partial charge in [0.05, 0.1) is 6.61 Å². The molecule has 1 heterocycles. The Kier molecular flexibility index (Phi) is 2.98. The Labute approximate surface area is 65.0 Å². The molecule has 0 unspecified atom stereocenters. The molecule has 0 amide bonds. The fraction of sp³-hybridized carbons (Fsp3) is 0.375. The van der Waals surface area contributed by atoms with Crippen molar-refractivity contribution in [3.63, 3.8) is 0 Å². The van der Waals surface area contributed by atoms with Crippen molar-refractivity contribution >= 4 is 0 Å². The second kappa shape index (κ2) is 4.03. The zero-order valence-electron chi connectivity index (χ0n) is 6.38. The van der Waals surface area contributed by atoms with Crippen LogP contribution in [0.2, 0.25) is 0 Å². The van der Waals surface area contributed by atoms with Crippen LogP contribution < -0.4 is 0 Å². The molecule has 11 heavy (non-hydrogen) atoms. The van der Waals surface area contributed by atoms with E-state index >= 15 is 0 Å². The average molecular weight is 155 g/mol. The van der Waals surface area contributed by atoms with Crippen LogP contribution in [0.4, 0.5) is 4.39 Å². The van der Waals surface area contributed by atoms with Gasteiger partial charge in [0.25, 0.3) is 0 Å². The highest BCUT2D eigenvalue weighted by Crippen LogP contribution is 2.03. The van der Waals surface area contributed by atoms with Gasteiger partial charge in [0, 0.05) is 12.8 Å². The number of hydrogen-bond donors (Lipinski definition) is 0. The molecule has 0 spiro atoms. The normalized spacial score (nSPS) is 10.0. The summed E-state index contributed by atoms with van der Waals surface area (Å²) in [4.78, 5) is 3.82. The maximum absolute atomic E-state index is 12.8. The van der Waals surface area contributed by atoms with Gasteiger partial charge >= 0.3 is 0 Å². The summed E-state index contributed by atoms with van der Waals surface area (Å²) in [7, 11) is 0. The van der Waals surface area contributed by atoms with Crippen molar-refractivity contribution in [2.24, 2.45) is 0 Å². The first-order valence-corrected chi connectivity index (χ1v) is 3.51. The molecular weight excluding hydrogens is 145 g/mol. The predicted molar refractivity (Wildman–Crippen MR) is 39.5 cm³/mol. The highest BCUT2D eigenvalue weighted by atomic mass is 19.1. The van der Waals surface area contributed by atoms with Crippen LogP contribution in [0.5, 0.6) is 0 Å². The smallest absolute Gasteiger partial charge is 0.147 e. The van der Waals surface area contributed by atoms with Gasteiger partial charge in [-0.15, -0.1) is 0 Å². The van der Waals surface area contributed by atoms with Crippen LogP contribution in [-0.4, -0.2) is 11.6 Å². The van der Waals surface area contributed by atoms with Crippen molar-refractivity contribution in [3.8, 4) is 0 Å². The van der Waals surface area contributed by atoms with Gasteiger partial charge in [-0.25, -0.2) is 4.39 Å². The predicted octanol–water partition coefficient (Wildman–Crippen LogP) is 1.76. The number of ether oxygens (including phenoxy) is 1. The van der Waals surface area contributed by atoms with E-state index < -0.39 is 0 Å². The standard InChI is InChI=1S/C8H10FNO/c1-2-11-6-8-7(9)4-3-5-10-8/h3-5H,2,6H2,1H3. The van der Waals surface area contributed by atoms with Crippen molar-refractivity contribution in [2.45, 2.75) is 13.5 Å². The van der Waals surface area contributed by atoms with E-state index in [0.29, 0.717) is 12.3 Å². The summed E-state index contributed by atoms with van der Waals surface area (Å²) in [5.74, 6) is -0.305. The summed E-state index contributed by atoms with van der Waals surface area (Å²) in [6.45, 7) is 2.69. The molecule has 0 radical (unpaired) electrons. The van der Waals surface area contributed by atoms with E-state index in [1.54, 1.807) is 12.3 Å². The molecule has 0 saturated heterocycles. The third-order valence-corrected chi connectivity index (χ3v) is 1.28. The zero-order chi connectivity index (χ0) is 8.10. The topological polar surface area (TPSA) is 22.1 Å². The summed E-state index contributed by atoms with van der Waals surface area (Å²) in [6.07, 6.45) is 1.55. The molecule has 0 atom stereocenters. The van der Waals surface area contributed by atoms with Crippen molar-refractivity contribution in [1.29, 1.82) is 0 Å². The van der Waals surface area contributed by atoms with E-state index in [-0.39, 0.29) is 12.4 Å². The SMILES string of the molecule is CCOCc1ncccc1F. The molecule has 1 aromatic rings. The molecule has 0 saturated carbocycles. The fourth-order valence-corrected chi connectivity index (χ4v) is 0.723. The van der Waals surface area contributed by atoms with Crippen LogP contribution in [0, 0.1) is 5.82 Å². The van der Waals surface area contributed by atoms with Crippen LogP contribution in [0.15, 0.2) is 18.3 Å². The Morgan fingerprint density at radius 2 is 2.45 bits per heavy atom. The quantitative estimate of drug-likeness (QED) is 0.663. The summed E-state index contributed by atoms with van der Waals surface area (Å²) in [5, 5.41) is 0. The molecule has 0 aliphatic rings. The van der Waals surface area contributed by atoms with Gasteiger partial charge in [0.2, 0.25) is 0 Å². The van der Waals surface area contributed by atoms with Gasteiger partial charge in [0.15, 0.2) is 0 Å². The summed E-state index contributed by atoms with van der Waals surface area (Å²) < 4.78 is 17.8. The van der Waals surface area contributed by atoms with E-state index in [9.17, 15) is 4.39 Å².